The number of esters is 1. The molecule has 3 aromatic heterocycles. The number of anilines is 3. The number of carbonyl (C=O) groups excluding carboxylic acids is 5. The third-order valence-corrected chi connectivity index (χ3v) is 9.14. The Morgan fingerprint density at radius 3 is 2.00 bits per heavy atom. The Morgan fingerprint density at radius 1 is 0.839 bits per heavy atom. The number of methoxy groups -OCH3 is 1. The summed E-state index contributed by atoms with van der Waals surface area (Å²) in [6, 6.07) is 7.81. The van der Waals surface area contributed by atoms with Crippen molar-refractivity contribution in [3.63, 3.8) is 0 Å². The van der Waals surface area contributed by atoms with E-state index in [-0.39, 0.29) is 48.0 Å². The van der Waals surface area contributed by atoms with Crippen LogP contribution in [0.4, 0.5) is 22.7 Å². The lowest BCUT2D eigenvalue weighted by atomic mass is 10.1. The molecule has 1 saturated heterocycles. The Hall–Kier alpha value is -6.58. The Labute approximate surface area is 324 Å². The van der Waals surface area contributed by atoms with E-state index in [1.165, 1.54) is 19.2 Å². The molecule has 2 aliphatic heterocycles. The second kappa shape index (κ2) is 15.6. The number of rotatable bonds is 12. The van der Waals surface area contributed by atoms with Crippen molar-refractivity contribution in [1.82, 2.24) is 18.6 Å². The topological polar surface area (TPSA) is 180 Å². The van der Waals surface area contributed by atoms with Crippen LogP contribution in [0.25, 0.3) is 0 Å². The summed E-state index contributed by atoms with van der Waals surface area (Å²) in [5, 5.41) is 8.40. The van der Waals surface area contributed by atoms with Gasteiger partial charge in [0.1, 0.15) is 22.7 Å². The molecule has 0 aliphatic carbocycles. The lowest BCUT2D eigenvalue weighted by molar-refractivity contribution is -0.116. The van der Waals surface area contributed by atoms with Crippen molar-refractivity contribution in [2.45, 2.75) is 51.7 Å². The first kappa shape index (κ1) is 39.1. The van der Waals surface area contributed by atoms with Crippen molar-refractivity contribution in [3.8, 4) is 11.5 Å². The zero-order valence-corrected chi connectivity index (χ0v) is 32.5. The molecule has 0 radical (unpaired) electrons. The highest BCUT2D eigenvalue weighted by Crippen LogP contribution is 2.38. The molecule has 56 heavy (non-hydrogen) atoms. The van der Waals surface area contributed by atoms with E-state index in [2.05, 4.69) is 27.5 Å². The molecule has 0 bridgehead atoms. The van der Waals surface area contributed by atoms with Crippen LogP contribution in [-0.2, 0) is 30.7 Å². The number of hydrogen-bond acceptors (Lipinski definition) is 9. The maximum absolute atomic E-state index is 13.2. The number of nitrogens with one attached hydrogen (secondary N) is 3. The normalized spacial score (nSPS) is 14.8. The van der Waals surface area contributed by atoms with Gasteiger partial charge in [0.15, 0.2) is 11.5 Å². The van der Waals surface area contributed by atoms with Crippen LogP contribution in [0.15, 0.2) is 66.1 Å². The summed E-state index contributed by atoms with van der Waals surface area (Å²) in [6.45, 7) is 10.0. The van der Waals surface area contributed by atoms with Gasteiger partial charge in [-0.1, -0.05) is 12.2 Å². The molecule has 4 aromatic rings. The smallest absolute Gasteiger partial charge is 0.355 e. The predicted octanol–water partition coefficient (Wildman–Crippen LogP) is 5.45. The molecular formula is C40H46N8O8. The van der Waals surface area contributed by atoms with Crippen LogP contribution in [-0.4, -0.2) is 86.3 Å². The van der Waals surface area contributed by atoms with Gasteiger partial charge < -0.3 is 48.8 Å². The van der Waals surface area contributed by atoms with E-state index in [0.717, 1.165) is 5.57 Å². The average Bonchev–Trinajstić information content (AvgIpc) is 3.87. The summed E-state index contributed by atoms with van der Waals surface area (Å²) < 4.78 is 21.6. The largest absolute Gasteiger partial charge is 0.493 e. The Kier molecular flexibility index (Phi) is 10.9. The molecule has 3 N–H and O–H groups in total. The molecular weight excluding hydrogens is 720 g/mol. The van der Waals surface area contributed by atoms with Crippen molar-refractivity contribution in [2.24, 2.45) is 26.1 Å². The minimum atomic E-state index is -0.669. The van der Waals surface area contributed by atoms with Gasteiger partial charge in [-0.2, -0.15) is 0 Å². The maximum Gasteiger partial charge on any atom is 0.355 e. The Morgan fingerprint density at radius 2 is 1.41 bits per heavy atom. The number of aliphatic imine (C=N–C) groups is 1. The van der Waals surface area contributed by atoms with Gasteiger partial charge in [-0.15, -0.1) is 0 Å². The molecule has 4 amide bonds. The molecule has 0 spiro atoms. The first-order valence-electron chi connectivity index (χ1n) is 18.0. The quantitative estimate of drug-likeness (QED) is 0.0967. The third kappa shape index (κ3) is 8.69. The second-order valence-corrected chi connectivity index (χ2v) is 14.8. The van der Waals surface area contributed by atoms with Gasteiger partial charge in [-0.3, -0.25) is 24.2 Å². The highest BCUT2D eigenvalue weighted by molar-refractivity contribution is 6.08. The molecule has 1 atom stereocenters. The zero-order valence-electron chi connectivity index (χ0n) is 32.5. The van der Waals surface area contributed by atoms with Gasteiger partial charge in [0.25, 0.3) is 17.7 Å². The highest BCUT2D eigenvalue weighted by Gasteiger charge is 2.34. The SMILES string of the molecule is C=C1C[C@H]2C=Nc3cc(OCCCC(=O)Nc4cc(C(=O)Nc5cc(C(=O)Nc6cc(C(=O)OC(C)(C)C)n(C)c6)n(C)c5)n(C)c4)c(OC)cc3C(=O)N2C1. The van der Waals surface area contributed by atoms with Crippen molar-refractivity contribution in [2.75, 3.05) is 36.2 Å². The summed E-state index contributed by atoms with van der Waals surface area (Å²) in [6.07, 6.45) is 7.80. The van der Waals surface area contributed by atoms with Gasteiger partial charge in [-0.05, 0) is 57.9 Å². The molecule has 5 heterocycles. The standard InChI is InChI=1S/C40H46N8O8/c1-23-12-27-18-41-29-17-34(33(54-8)16-28(29)38(52)48(27)19-23)55-11-9-10-35(49)42-24-13-30(45(5)20-24)36(50)43-25-14-31(46(6)21-25)37(51)44-26-15-32(47(7)22-26)39(53)56-40(2,3)4/h13-18,20-22,27H,1,9-12,19H2,2-8H3,(H,42,49)(H,43,50)(H,44,51)/t27-/m0/s1. The number of nitrogens with zero attached hydrogens (tertiary/aromatic N) is 5. The number of aryl methyl sites for hydroxylation is 3. The lowest BCUT2D eigenvalue weighted by Gasteiger charge is -2.20. The minimum absolute atomic E-state index is 0.130. The van der Waals surface area contributed by atoms with Crippen LogP contribution < -0.4 is 25.4 Å². The van der Waals surface area contributed by atoms with Gasteiger partial charge in [0, 0.05) is 65.0 Å². The first-order chi connectivity index (χ1) is 26.5. The average molecular weight is 767 g/mol. The third-order valence-electron chi connectivity index (χ3n) is 9.14. The van der Waals surface area contributed by atoms with Crippen LogP contribution in [0.3, 0.4) is 0 Å². The molecule has 6 rings (SSSR count). The molecule has 2 aliphatic rings. The van der Waals surface area contributed by atoms with Gasteiger partial charge >= 0.3 is 5.97 Å². The molecule has 294 valence electrons. The summed E-state index contributed by atoms with van der Waals surface area (Å²) >= 11 is 0. The van der Waals surface area contributed by atoms with Crippen molar-refractivity contribution in [3.05, 3.63) is 83.7 Å². The lowest BCUT2D eigenvalue weighted by Crippen LogP contribution is -2.35. The van der Waals surface area contributed by atoms with E-state index in [0.29, 0.717) is 59.2 Å². The number of fused-ring (bicyclic) bond motifs is 2. The monoisotopic (exact) mass is 766 g/mol. The number of benzene rings is 1. The highest BCUT2D eigenvalue weighted by atomic mass is 16.6. The number of hydrogen-bond donors (Lipinski definition) is 3. The van der Waals surface area contributed by atoms with E-state index in [1.807, 2.05) is 0 Å². The van der Waals surface area contributed by atoms with Crippen LogP contribution in [0, 0.1) is 0 Å². The Balaban J connectivity index is 1.000. The van der Waals surface area contributed by atoms with Crippen molar-refractivity contribution >= 4 is 58.6 Å². The molecule has 16 heteroatoms. The van der Waals surface area contributed by atoms with E-state index in [4.69, 9.17) is 14.2 Å². The summed E-state index contributed by atoms with van der Waals surface area (Å²) in [5.74, 6) is -1.01. The minimum Gasteiger partial charge on any atom is -0.493 e. The number of ether oxygens (including phenoxy) is 3. The Bertz CT molecular complexity index is 2270. The molecule has 0 saturated carbocycles. The van der Waals surface area contributed by atoms with Crippen LogP contribution >= 0.6 is 0 Å². The van der Waals surface area contributed by atoms with E-state index in [1.54, 1.807) is 104 Å². The molecule has 1 fully saturated rings. The predicted molar refractivity (Wildman–Crippen MR) is 210 cm³/mol. The van der Waals surface area contributed by atoms with Crippen molar-refractivity contribution < 1.29 is 38.2 Å². The van der Waals surface area contributed by atoms with E-state index >= 15 is 0 Å². The fourth-order valence-corrected chi connectivity index (χ4v) is 6.52. The summed E-state index contributed by atoms with van der Waals surface area (Å²) in [4.78, 5) is 71.3. The summed E-state index contributed by atoms with van der Waals surface area (Å²) in [5.41, 5.74) is 3.28. The maximum atomic E-state index is 13.2. The van der Waals surface area contributed by atoms with Crippen LogP contribution in [0.1, 0.15) is 81.9 Å². The zero-order chi connectivity index (χ0) is 40.5. The molecule has 1 aromatic carbocycles. The number of amides is 4. The van der Waals surface area contributed by atoms with Gasteiger partial charge in [0.05, 0.1) is 48.1 Å². The molecule has 16 nitrogen and oxygen atoms in total. The fourth-order valence-electron chi connectivity index (χ4n) is 6.52. The van der Waals surface area contributed by atoms with Crippen LogP contribution in [0.5, 0.6) is 11.5 Å². The molecule has 0 unspecified atom stereocenters. The van der Waals surface area contributed by atoms with Gasteiger partial charge in [-0.25, -0.2) is 4.79 Å². The van der Waals surface area contributed by atoms with Gasteiger partial charge in [0.2, 0.25) is 5.91 Å². The van der Waals surface area contributed by atoms with E-state index in [9.17, 15) is 24.0 Å². The number of carbonyl (C=O) groups is 5. The second-order valence-electron chi connectivity index (χ2n) is 14.8. The number of aromatic nitrogens is 3. The van der Waals surface area contributed by atoms with E-state index < -0.39 is 23.4 Å². The first-order valence-corrected chi connectivity index (χ1v) is 18.0. The van der Waals surface area contributed by atoms with Crippen LogP contribution in [0.2, 0.25) is 0 Å². The fraction of sp³-hybridized carbons (Fsp3) is 0.350. The van der Waals surface area contributed by atoms with Crippen molar-refractivity contribution in [1.29, 1.82) is 0 Å². The summed E-state index contributed by atoms with van der Waals surface area (Å²) in [7, 11) is 6.53.